The molecule has 1 aliphatic rings. The summed E-state index contributed by atoms with van der Waals surface area (Å²) in [4.78, 5) is 115. The molecule has 15 nitrogen and oxygen atoms in total. The predicted octanol–water partition coefficient (Wildman–Crippen LogP) is 31.5. The van der Waals surface area contributed by atoms with Gasteiger partial charge in [-0.1, -0.05) is 378 Å². The molecule has 16 heteroatoms. The molecule has 1 fully saturated rings. The van der Waals surface area contributed by atoms with Crippen molar-refractivity contribution < 1.29 is 43.2 Å². The van der Waals surface area contributed by atoms with Crippen LogP contribution in [0.4, 0.5) is 0 Å². The van der Waals surface area contributed by atoms with Gasteiger partial charge in [0.25, 0.3) is 0 Å². The second-order valence-corrected chi connectivity index (χ2v) is 47.1. The zero-order chi connectivity index (χ0) is 103. The van der Waals surface area contributed by atoms with Crippen LogP contribution in [0.5, 0.6) is 0 Å². The molecule has 0 bridgehead atoms. The molecule has 738 valence electrons. The molecule has 0 amide bonds. The highest BCUT2D eigenvalue weighted by Gasteiger charge is 2.38. The number of hydrogen-bond donors (Lipinski definition) is 1. The lowest BCUT2D eigenvalue weighted by molar-refractivity contribution is -0.129. The fourth-order valence-corrected chi connectivity index (χ4v) is 15.6. The fraction of sp³-hybridized carbons (Fsp3) is 0.434. The average Bonchev–Trinajstić information content (AvgIpc) is 0.832. The number of aryl methyl sites for hydroxylation is 3. The molecule has 1 N–H and O–H groups in total. The number of benzene rings is 8. The molecule has 0 saturated heterocycles. The molecule has 0 radical (unpaired) electrons. The van der Waals surface area contributed by atoms with Gasteiger partial charge in [-0.2, -0.15) is 5.10 Å². The van der Waals surface area contributed by atoms with Gasteiger partial charge in [0.05, 0.1) is 40.3 Å². The van der Waals surface area contributed by atoms with Crippen LogP contribution in [0.1, 0.15) is 327 Å². The first-order chi connectivity index (χ1) is 64.0. The molecule has 14 rings (SSSR count). The zero-order valence-corrected chi connectivity index (χ0v) is 89.9. The molecular weight excluding hydrogens is 1730 g/mol. The molecule has 0 spiro atoms. The van der Waals surface area contributed by atoms with Gasteiger partial charge in [-0.3, -0.25) is 43.2 Å². The van der Waals surface area contributed by atoms with Crippen molar-refractivity contribution in [3.8, 4) is 11.4 Å². The maximum atomic E-state index is 12.8. The Balaban J connectivity index is 0.000000239. The van der Waals surface area contributed by atoms with E-state index in [4.69, 9.17) is 0 Å². The first-order valence-corrected chi connectivity index (χ1v) is 49.7. The minimum atomic E-state index is -0.370. The summed E-state index contributed by atoms with van der Waals surface area (Å²) in [5.74, 6) is 3.41. The Morgan fingerprint density at radius 2 is 0.906 bits per heavy atom. The molecule has 1 saturated carbocycles. The lowest BCUT2D eigenvalue weighted by Crippen LogP contribution is -2.30. The lowest BCUT2D eigenvalue weighted by atomic mass is 9.73. The molecule has 5 aromatic heterocycles. The van der Waals surface area contributed by atoms with E-state index >= 15 is 0 Å². The van der Waals surface area contributed by atoms with Crippen LogP contribution in [-0.2, 0) is 36.9 Å². The number of aromatic nitrogens is 6. The number of nitrogens with zero attached hydrogens (tertiary/aromatic N) is 5. The van der Waals surface area contributed by atoms with Crippen molar-refractivity contribution in [1.82, 2.24) is 28.9 Å². The number of ketones is 9. The van der Waals surface area contributed by atoms with Crippen molar-refractivity contribution in [2.75, 3.05) is 0 Å². The number of hydrogen-bond acceptors (Lipinski definition) is 12. The monoisotopic (exact) mass is 1890 g/mol. The third kappa shape index (κ3) is 36.5. The largest absolute Gasteiger partial charge is 0.352 e. The molecule has 8 aromatic carbocycles. The van der Waals surface area contributed by atoms with Gasteiger partial charge in [-0.05, 0) is 139 Å². The minimum absolute atomic E-state index is 0.00870. The quantitative estimate of drug-likeness (QED) is 0.0799. The van der Waals surface area contributed by atoms with Gasteiger partial charge >= 0.3 is 0 Å². The van der Waals surface area contributed by atoms with Crippen LogP contribution < -0.4 is 0 Å². The fourth-order valence-electron chi connectivity index (χ4n) is 15.0. The van der Waals surface area contributed by atoms with E-state index in [0.717, 1.165) is 67.0 Å². The van der Waals surface area contributed by atoms with Crippen LogP contribution in [0.15, 0.2) is 261 Å². The van der Waals surface area contributed by atoms with Crippen LogP contribution in [-0.4, -0.2) is 80.9 Å². The Labute approximate surface area is 830 Å². The number of rotatable bonds is 18. The van der Waals surface area contributed by atoms with Crippen LogP contribution >= 0.6 is 11.3 Å². The van der Waals surface area contributed by atoms with Gasteiger partial charge in [0.1, 0.15) is 28.9 Å². The molecule has 2 atom stereocenters. The van der Waals surface area contributed by atoms with Crippen molar-refractivity contribution in [2.45, 2.75) is 285 Å². The maximum Gasteiger partial charge on any atom is 0.184 e. The Bertz CT molecular complexity index is 6040. The number of Topliss-reactive ketones (excluding diaryl/α,β-unsaturated/α-hetero) is 9. The van der Waals surface area contributed by atoms with E-state index in [-0.39, 0.29) is 89.5 Å². The van der Waals surface area contributed by atoms with Crippen molar-refractivity contribution >= 4 is 96.0 Å². The smallest absolute Gasteiger partial charge is 0.184 e. The van der Waals surface area contributed by atoms with Crippen molar-refractivity contribution in [1.29, 1.82) is 0 Å². The lowest BCUT2D eigenvalue weighted by Gasteiger charge is -2.29. The molecule has 0 aliphatic heterocycles. The molecule has 2 unspecified atom stereocenters. The summed E-state index contributed by atoms with van der Waals surface area (Å²) in [5, 5.41) is 11.7. The Morgan fingerprint density at radius 3 is 1.40 bits per heavy atom. The Kier molecular flexibility index (Phi) is 41.8. The van der Waals surface area contributed by atoms with E-state index in [0.29, 0.717) is 65.5 Å². The molecule has 13 aromatic rings. The standard InChI is InChI=1S/C17H24O.C15H17NO.C15H19NO.C15H16O.C14H16N2O.C14H20O.C13H15NO.C10H15NOS.C9H18O/c1-17(2,3)16(18)15(14-11-7-8-12-14)13-9-5-4-6-10-13;1-15(2,3)14(17)12-6-8-13(9-7-12)16-10-4-5-11-16;1-15(2,3)14(17)9-11-16-10-8-12-6-4-5-7-13(12)16;1-15(2,3)14(16)13-10-6-8-11-7-4-5-9-12(11)13;1-14(2,3)13(17)11-9-15-16(10-11)12-7-5-4-6-8-12;1-10-6-8-12(9-7-10)11(2)13(15)14(3,4)5;1-13(2,3)12(15)11-8-9-6-4-5-7-10(9)14-11;1-7-11-8(6-13-7)5-9(12)10(2,3)4;1-7(2)6-8(10)9(3,4)5/h4-6,9-10,14-15H,7-8,11-12H2,1-3H3;4-11H,1-3H3;4-8,10H,9,11H2,1-3H3;4-10H,1-3H3;4-10H,1-3H3;6-9,11H,1-5H3;4-8,14H,1-3H3;6H,5H2,1-4H3;7H,6H2,1-5H3. The highest BCUT2D eigenvalue weighted by Crippen LogP contribution is 2.42. The second kappa shape index (κ2) is 50.2. The number of carbonyl (C=O) groups is 9. The van der Waals surface area contributed by atoms with Crippen LogP contribution in [0.3, 0.4) is 0 Å². The summed E-state index contributed by atoms with van der Waals surface area (Å²) in [5.41, 5.74) is 9.16. The third-order valence-corrected chi connectivity index (χ3v) is 24.4. The maximum absolute atomic E-state index is 12.8. The molecule has 5 heterocycles. The van der Waals surface area contributed by atoms with Gasteiger partial charge in [0.15, 0.2) is 23.1 Å². The topological polar surface area (TPSA) is 210 Å². The van der Waals surface area contributed by atoms with E-state index in [1.807, 2.05) is 405 Å². The van der Waals surface area contributed by atoms with Crippen LogP contribution in [0.25, 0.3) is 44.0 Å². The first kappa shape index (κ1) is 115. The SMILES string of the molecule is CC(C)(C)C(=O)C(c1ccccc1)C1CCCC1.CC(C)(C)C(=O)CCn1ccc2ccccc21.CC(C)(C)C(=O)c1cc2ccccc2[nH]1.CC(C)(C)C(=O)c1ccc(-n2cccc2)cc1.CC(C)(C)C(=O)c1cccc2ccccc12.CC(C)(C)C(=O)c1cnn(-c2ccccc2)c1.CC(C)CC(=O)C(C)(C)C.Cc1ccc(C(C)C(=O)C(C)(C)C)cc1.Cc1nc(CC(=O)C(C)(C)C)cs1. The Hall–Kier alpha value is -11.8. The summed E-state index contributed by atoms with van der Waals surface area (Å²) < 4.78 is 5.89. The Morgan fingerprint density at radius 1 is 0.420 bits per heavy atom. The van der Waals surface area contributed by atoms with E-state index in [9.17, 15) is 43.2 Å². The summed E-state index contributed by atoms with van der Waals surface area (Å²) in [7, 11) is 0. The van der Waals surface area contributed by atoms with E-state index in [1.165, 1.54) is 47.7 Å². The van der Waals surface area contributed by atoms with Crippen molar-refractivity contribution in [3.63, 3.8) is 0 Å². The van der Waals surface area contributed by atoms with Gasteiger partial charge < -0.3 is 14.1 Å². The number of aromatic amines is 1. The minimum Gasteiger partial charge on any atom is -0.352 e. The predicted molar refractivity (Wildman–Crippen MR) is 576 cm³/mol. The highest BCUT2D eigenvalue weighted by molar-refractivity contribution is 7.09. The van der Waals surface area contributed by atoms with Gasteiger partial charge in [0.2, 0.25) is 0 Å². The van der Waals surface area contributed by atoms with Gasteiger partial charge in [-0.15, -0.1) is 11.3 Å². The zero-order valence-electron chi connectivity index (χ0n) is 89.1. The average molecular weight is 1890 g/mol. The van der Waals surface area contributed by atoms with Crippen LogP contribution in [0, 0.1) is 74.4 Å². The van der Waals surface area contributed by atoms with Gasteiger partial charge in [0, 0.05) is 143 Å². The van der Waals surface area contributed by atoms with Crippen molar-refractivity contribution in [2.24, 2.45) is 60.6 Å². The number of fused-ring (bicyclic) bond motifs is 3. The second-order valence-electron chi connectivity index (χ2n) is 46.0. The van der Waals surface area contributed by atoms with E-state index < -0.39 is 0 Å². The van der Waals surface area contributed by atoms with Crippen LogP contribution in [0.2, 0.25) is 0 Å². The summed E-state index contributed by atoms with van der Waals surface area (Å²) in [6.45, 7) is 63.8. The number of thiazole rings is 1. The van der Waals surface area contributed by atoms with E-state index in [2.05, 4.69) is 89.1 Å². The number of para-hydroxylation sites is 3. The molecule has 1 aliphatic carbocycles. The number of nitrogens with one attached hydrogen (secondary N) is 1. The summed E-state index contributed by atoms with van der Waals surface area (Å²) in [6, 6.07) is 74.1. The van der Waals surface area contributed by atoms with Crippen molar-refractivity contribution in [3.05, 3.63) is 311 Å². The number of H-pyrrole nitrogens is 1. The third-order valence-electron chi connectivity index (χ3n) is 23.6. The number of carbonyl (C=O) groups excluding carboxylic acids is 9. The highest BCUT2D eigenvalue weighted by atomic mass is 32.1. The molecular formula is C122H160N6O9S. The van der Waals surface area contributed by atoms with Gasteiger partial charge in [-0.25, -0.2) is 9.67 Å². The summed E-state index contributed by atoms with van der Waals surface area (Å²) in [6.07, 6.45) is 16.2. The van der Waals surface area contributed by atoms with E-state index in [1.54, 1.807) is 28.4 Å². The summed E-state index contributed by atoms with van der Waals surface area (Å²) >= 11 is 1.59. The first-order valence-electron chi connectivity index (χ1n) is 48.8. The normalized spacial score (nSPS) is 12.9. The molecule has 138 heavy (non-hydrogen) atoms.